The van der Waals surface area contributed by atoms with E-state index in [2.05, 4.69) is 20.6 Å². The molecule has 0 spiro atoms. The highest BCUT2D eigenvalue weighted by molar-refractivity contribution is 5.71. The van der Waals surface area contributed by atoms with Crippen LogP contribution in [0.25, 0.3) is 0 Å². The maximum Gasteiger partial charge on any atom is 0.307 e. The molecular weight excluding hydrogens is 268 g/mol. The number of benzene rings is 1. The molecule has 21 heavy (non-hydrogen) atoms. The molecule has 0 bridgehead atoms. The largest absolute Gasteiger partial charge is 0.481 e. The van der Waals surface area contributed by atoms with Gasteiger partial charge in [-0.3, -0.25) is 4.79 Å². The molecule has 0 aliphatic carbocycles. The molecule has 2 rings (SSSR count). The molecule has 1 aromatic carbocycles. The normalized spacial score (nSPS) is 13.8. The van der Waals surface area contributed by atoms with Gasteiger partial charge in [0.15, 0.2) is 5.82 Å². The summed E-state index contributed by atoms with van der Waals surface area (Å²) in [6.45, 7) is 4.01. The lowest BCUT2D eigenvalue weighted by Gasteiger charge is -2.21. The van der Waals surface area contributed by atoms with Crippen molar-refractivity contribution in [3.63, 3.8) is 0 Å². The van der Waals surface area contributed by atoms with Gasteiger partial charge in [-0.25, -0.2) is 5.10 Å². The van der Waals surface area contributed by atoms with Gasteiger partial charge in [0.05, 0.1) is 5.92 Å². The van der Waals surface area contributed by atoms with Crippen LogP contribution in [0.1, 0.15) is 42.6 Å². The predicted octanol–water partition coefficient (Wildman–Crippen LogP) is 2.34. The number of aliphatic carboxylic acids is 1. The van der Waals surface area contributed by atoms with Gasteiger partial charge in [0.2, 0.25) is 0 Å². The molecule has 1 aromatic heterocycles. The molecule has 2 aromatic rings. The number of hydrogen-bond donors (Lipinski definition) is 2. The monoisotopic (exact) mass is 288 g/mol. The third-order valence-corrected chi connectivity index (χ3v) is 3.69. The summed E-state index contributed by atoms with van der Waals surface area (Å²) >= 11 is 0. The van der Waals surface area contributed by atoms with Crippen LogP contribution in [0.15, 0.2) is 24.3 Å². The minimum absolute atomic E-state index is 0.250. The van der Waals surface area contributed by atoms with Gasteiger partial charge in [0.1, 0.15) is 0 Å². The Hall–Kier alpha value is -2.24. The fraction of sp³-hybridized carbons (Fsp3) is 0.467. The van der Waals surface area contributed by atoms with Gasteiger partial charge in [-0.2, -0.15) is 0 Å². The molecule has 2 N–H and O–H groups in total. The number of nitrogens with one attached hydrogen (secondary N) is 1. The summed E-state index contributed by atoms with van der Waals surface area (Å²) in [5.41, 5.74) is 2.27. The number of H-pyrrole nitrogens is 1. The van der Waals surface area contributed by atoms with E-state index in [1.54, 1.807) is 0 Å². The molecule has 2 atom stereocenters. The third-order valence-electron chi connectivity index (χ3n) is 3.69. The molecule has 0 amide bonds. The van der Waals surface area contributed by atoms with E-state index in [1.807, 2.05) is 38.1 Å². The topological polar surface area (TPSA) is 91.8 Å². The van der Waals surface area contributed by atoms with Crippen LogP contribution in [0.2, 0.25) is 0 Å². The zero-order valence-corrected chi connectivity index (χ0v) is 12.3. The molecule has 112 valence electrons. The van der Waals surface area contributed by atoms with E-state index in [0.717, 1.165) is 12.0 Å². The second-order valence-corrected chi connectivity index (χ2v) is 5.32. The maximum absolute atomic E-state index is 11.6. The molecule has 0 saturated heterocycles. The van der Waals surface area contributed by atoms with E-state index in [1.165, 1.54) is 5.56 Å². The summed E-state index contributed by atoms with van der Waals surface area (Å²) in [4.78, 5) is 11.6. The molecule has 6 nitrogen and oxygen atoms in total. The average Bonchev–Trinajstić information content (AvgIpc) is 2.98. The zero-order valence-electron chi connectivity index (χ0n) is 12.3. The van der Waals surface area contributed by atoms with E-state index >= 15 is 0 Å². The van der Waals surface area contributed by atoms with Crippen molar-refractivity contribution in [1.82, 2.24) is 20.6 Å². The summed E-state index contributed by atoms with van der Waals surface area (Å²) in [5.74, 6) is -1.01. The van der Waals surface area contributed by atoms with Gasteiger partial charge in [-0.05, 0) is 35.8 Å². The molecule has 0 aliphatic rings. The molecule has 1 heterocycles. The number of aryl methyl sites for hydroxylation is 1. The predicted molar refractivity (Wildman–Crippen MR) is 77.8 cm³/mol. The second-order valence-electron chi connectivity index (χ2n) is 5.32. The summed E-state index contributed by atoms with van der Waals surface area (Å²) in [6.07, 6.45) is 2.02. The van der Waals surface area contributed by atoms with Crippen molar-refractivity contribution in [1.29, 1.82) is 0 Å². The van der Waals surface area contributed by atoms with Gasteiger partial charge in [-0.15, -0.1) is 5.10 Å². The van der Waals surface area contributed by atoms with E-state index < -0.39 is 11.9 Å². The summed E-state index contributed by atoms with van der Waals surface area (Å²) in [5, 5.41) is 23.3. The summed E-state index contributed by atoms with van der Waals surface area (Å²) < 4.78 is 0. The van der Waals surface area contributed by atoms with Gasteiger partial charge >= 0.3 is 5.97 Å². The van der Waals surface area contributed by atoms with E-state index in [-0.39, 0.29) is 5.92 Å². The number of carboxylic acid groups (broad SMARTS) is 1. The Kier molecular flexibility index (Phi) is 5.03. The SMILES string of the molecule is CCC[C@H](C(=O)O)[C@H](Cc1ccc(C)cc1)c1nnn[nH]1. The Labute approximate surface area is 123 Å². The minimum Gasteiger partial charge on any atom is -0.481 e. The fourth-order valence-electron chi connectivity index (χ4n) is 2.54. The van der Waals surface area contributed by atoms with Crippen molar-refractivity contribution in [2.75, 3.05) is 0 Å². The number of aromatic nitrogens is 4. The Morgan fingerprint density at radius 1 is 1.33 bits per heavy atom. The summed E-state index contributed by atoms with van der Waals surface area (Å²) in [6, 6.07) is 8.11. The van der Waals surface area contributed by atoms with Crippen molar-refractivity contribution in [2.24, 2.45) is 5.92 Å². The van der Waals surface area contributed by atoms with E-state index in [9.17, 15) is 9.90 Å². The molecule has 0 unspecified atom stereocenters. The third kappa shape index (κ3) is 3.87. The number of tetrazole rings is 1. The molecule has 0 radical (unpaired) electrons. The maximum atomic E-state index is 11.6. The van der Waals surface area contributed by atoms with Gasteiger partial charge in [0, 0.05) is 5.92 Å². The van der Waals surface area contributed by atoms with Crippen LogP contribution in [0.4, 0.5) is 0 Å². The van der Waals surface area contributed by atoms with Crippen LogP contribution >= 0.6 is 0 Å². The molecular formula is C15H20N4O2. The fourth-order valence-corrected chi connectivity index (χ4v) is 2.54. The lowest BCUT2D eigenvalue weighted by Crippen LogP contribution is -2.25. The van der Waals surface area contributed by atoms with Crippen LogP contribution in [0.3, 0.4) is 0 Å². The lowest BCUT2D eigenvalue weighted by molar-refractivity contribution is -0.142. The first-order valence-corrected chi connectivity index (χ1v) is 7.13. The van der Waals surface area contributed by atoms with Crippen molar-refractivity contribution in [3.8, 4) is 0 Å². The first-order valence-electron chi connectivity index (χ1n) is 7.13. The van der Waals surface area contributed by atoms with Gasteiger partial charge < -0.3 is 5.11 Å². The van der Waals surface area contributed by atoms with Crippen LogP contribution in [-0.4, -0.2) is 31.7 Å². The van der Waals surface area contributed by atoms with Crippen molar-refractivity contribution in [2.45, 2.75) is 39.0 Å². The Morgan fingerprint density at radius 2 is 2.05 bits per heavy atom. The quantitative estimate of drug-likeness (QED) is 0.815. The second kappa shape index (κ2) is 6.97. The van der Waals surface area contributed by atoms with Crippen molar-refractivity contribution < 1.29 is 9.90 Å². The highest BCUT2D eigenvalue weighted by Crippen LogP contribution is 2.29. The first-order chi connectivity index (χ1) is 10.1. The number of aromatic amines is 1. The van der Waals surface area contributed by atoms with Gasteiger partial charge in [0.25, 0.3) is 0 Å². The van der Waals surface area contributed by atoms with Crippen molar-refractivity contribution in [3.05, 3.63) is 41.2 Å². The number of carbonyl (C=O) groups is 1. The first kappa shape index (κ1) is 15.2. The molecule has 6 heteroatoms. The Balaban J connectivity index is 2.27. The van der Waals surface area contributed by atoms with Crippen molar-refractivity contribution >= 4 is 5.97 Å². The molecule has 0 aliphatic heterocycles. The van der Waals surface area contributed by atoms with Crippen LogP contribution in [-0.2, 0) is 11.2 Å². The smallest absolute Gasteiger partial charge is 0.307 e. The lowest BCUT2D eigenvalue weighted by atomic mass is 9.83. The zero-order chi connectivity index (χ0) is 15.2. The Morgan fingerprint density at radius 3 is 2.57 bits per heavy atom. The van der Waals surface area contributed by atoms with Crippen LogP contribution in [0.5, 0.6) is 0 Å². The highest BCUT2D eigenvalue weighted by Gasteiger charge is 2.31. The molecule has 0 fully saturated rings. The van der Waals surface area contributed by atoms with Crippen LogP contribution < -0.4 is 0 Å². The van der Waals surface area contributed by atoms with Crippen LogP contribution in [0, 0.1) is 12.8 Å². The highest BCUT2D eigenvalue weighted by atomic mass is 16.4. The summed E-state index contributed by atoms with van der Waals surface area (Å²) in [7, 11) is 0. The minimum atomic E-state index is -0.801. The average molecular weight is 288 g/mol. The van der Waals surface area contributed by atoms with Gasteiger partial charge in [-0.1, -0.05) is 43.2 Å². The molecule has 0 saturated carbocycles. The number of rotatable bonds is 7. The van der Waals surface area contributed by atoms with E-state index in [0.29, 0.717) is 18.7 Å². The number of carboxylic acids is 1. The number of nitrogens with zero attached hydrogens (tertiary/aromatic N) is 3. The number of hydrogen-bond acceptors (Lipinski definition) is 4. The Bertz CT molecular complexity index is 566. The van der Waals surface area contributed by atoms with E-state index in [4.69, 9.17) is 0 Å². The standard InChI is InChI=1S/C15H20N4O2/c1-3-4-12(15(20)21)13(14-16-18-19-17-14)9-11-7-5-10(2)6-8-11/h5-8,12-13H,3-4,9H2,1-2H3,(H,20,21)(H,16,17,18,19)/t12-,13-/m0/s1.